The third-order valence-electron chi connectivity index (χ3n) is 7.71. The Morgan fingerprint density at radius 3 is 2.43 bits per heavy atom. The van der Waals surface area contributed by atoms with Crippen LogP contribution >= 0.6 is 0 Å². The molecule has 8 nitrogen and oxygen atoms in total. The van der Waals surface area contributed by atoms with E-state index in [2.05, 4.69) is 0 Å². The lowest BCUT2D eigenvalue weighted by atomic mass is 9.77. The lowest BCUT2D eigenvalue weighted by Crippen LogP contribution is -2.60. The Labute approximate surface area is 205 Å². The molecule has 1 N–H and O–H groups in total. The predicted molar refractivity (Wildman–Crippen MR) is 130 cm³/mol. The van der Waals surface area contributed by atoms with Crippen LogP contribution in [0.5, 0.6) is 0 Å². The maximum atomic E-state index is 14.1. The van der Waals surface area contributed by atoms with E-state index in [0.29, 0.717) is 13.1 Å². The first-order valence-corrected chi connectivity index (χ1v) is 12.2. The molecular weight excluding hydrogens is 446 g/mol. The molecule has 0 aromatic heterocycles. The van der Waals surface area contributed by atoms with Crippen LogP contribution in [0.3, 0.4) is 0 Å². The Hall–Kier alpha value is -2.97. The van der Waals surface area contributed by atoms with E-state index in [1.807, 2.05) is 75.4 Å². The van der Waals surface area contributed by atoms with E-state index < -0.39 is 41.2 Å². The zero-order valence-corrected chi connectivity index (χ0v) is 20.6. The highest BCUT2D eigenvalue weighted by atomic mass is 16.5. The SMILES string of the molecule is C[C@H](CO)N1C(=O)[C@@H]2[C@H]3C(=O)N(c4ccccc4)CC=C[C@H]3O[C@@]23C=CCN(C(C)(C)C)C(=O)C13. The zero-order valence-electron chi connectivity index (χ0n) is 20.6. The molecule has 4 heterocycles. The van der Waals surface area contributed by atoms with Gasteiger partial charge in [-0.05, 0) is 39.8 Å². The van der Waals surface area contributed by atoms with Gasteiger partial charge < -0.3 is 24.5 Å². The average Bonchev–Trinajstić information content (AvgIpc) is 3.14. The van der Waals surface area contributed by atoms with Crippen molar-refractivity contribution in [3.8, 4) is 0 Å². The predicted octanol–water partition coefficient (Wildman–Crippen LogP) is 1.75. The van der Waals surface area contributed by atoms with Crippen molar-refractivity contribution >= 4 is 23.4 Å². The van der Waals surface area contributed by atoms with Crippen molar-refractivity contribution in [2.24, 2.45) is 11.8 Å². The zero-order chi connectivity index (χ0) is 25.1. The summed E-state index contributed by atoms with van der Waals surface area (Å²) in [5.41, 5.74) is -1.02. The summed E-state index contributed by atoms with van der Waals surface area (Å²) in [5.74, 6) is -2.40. The fourth-order valence-corrected chi connectivity index (χ4v) is 6.08. The number of fused-ring (bicyclic) bond motifs is 2. The number of nitrogens with zero attached hydrogens (tertiary/aromatic N) is 3. The van der Waals surface area contributed by atoms with Crippen LogP contribution in [0.25, 0.3) is 0 Å². The van der Waals surface area contributed by atoms with Gasteiger partial charge in [0.2, 0.25) is 17.7 Å². The van der Waals surface area contributed by atoms with Gasteiger partial charge in [-0.2, -0.15) is 0 Å². The van der Waals surface area contributed by atoms with Crippen molar-refractivity contribution in [1.82, 2.24) is 9.80 Å². The summed E-state index contributed by atoms with van der Waals surface area (Å²) in [6, 6.07) is 7.81. The summed E-state index contributed by atoms with van der Waals surface area (Å²) < 4.78 is 6.61. The minimum atomic E-state index is -1.29. The van der Waals surface area contributed by atoms with E-state index in [-0.39, 0.29) is 24.3 Å². The number of hydrogen-bond donors (Lipinski definition) is 1. The van der Waals surface area contributed by atoms with Crippen LogP contribution in [0.4, 0.5) is 5.69 Å². The minimum absolute atomic E-state index is 0.198. The van der Waals surface area contributed by atoms with Crippen molar-refractivity contribution in [3.05, 3.63) is 54.6 Å². The number of hydrogen-bond acceptors (Lipinski definition) is 5. The van der Waals surface area contributed by atoms with Gasteiger partial charge in [-0.25, -0.2) is 0 Å². The highest BCUT2D eigenvalue weighted by molar-refractivity contribution is 6.04. The van der Waals surface area contributed by atoms with E-state index in [0.717, 1.165) is 5.69 Å². The summed E-state index contributed by atoms with van der Waals surface area (Å²) in [5, 5.41) is 10.0. The highest BCUT2D eigenvalue weighted by Crippen LogP contribution is 2.54. The monoisotopic (exact) mass is 479 g/mol. The van der Waals surface area contributed by atoms with Crippen molar-refractivity contribution in [3.63, 3.8) is 0 Å². The normalized spacial score (nSPS) is 33.4. The van der Waals surface area contributed by atoms with Gasteiger partial charge in [0.15, 0.2) is 0 Å². The standard InChI is InChI=1S/C27H33N3O5/c1-17(16-31)30-22-25(34)29(26(2,3)4)15-9-13-27(22)21(24(30)33)20-19(35-27)12-8-14-28(23(20)32)18-10-6-5-7-11-18/h5-13,17,19-22,31H,14-16H2,1-4H3/t17-,19-,20+,21+,22?,27+/m1/s1. The average molecular weight is 480 g/mol. The van der Waals surface area contributed by atoms with Gasteiger partial charge in [0.05, 0.1) is 30.6 Å². The Morgan fingerprint density at radius 1 is 1.06 bits per heavy atom. The molecule has 1 spiro atoms. The molecule has 2 fully saturated rings. The van der Waals surface area contributed by atoms with Gasteiger partial charge in [-0.1, -0.05) is 42.5 Å². The van der Waals surface area contributed by atoms with Crippen molar-refractivity contribution in [2.45, 2.75) is 57.0 Å². The Bertz CT molecular complexity index is 1090. The molecule has 0 bridgehead atoms. The summed E-state index contributed by atoms with van der Waals surface area (Å²) in [7, 11) is 0. The molecule has 4 aliphatic rings. The molecule has 186 valence electrons. The molecular formula is C27H33N3O5. The first-order chi connectivity index (χ1) is 16.6. The van der Waals surface area contributed by atoms with Crippen LogP contribution in [-0.2, 0) is 19.1 Å². The lowest BCUT2D eigenvalue weighted by Gasteiger charge is -2.41. The fraction of sp³-hybridized carbons (Fsp3) is 0.519. The van der Waals surface area contributed by atoms with Crippen molar-refractivity contribution < 1.29 is 24.2 Å². The van der Waals surface area contributed by atoms with Gasteiger partial charge in [0.1, 0.15) is 11.6 Å². The number of aliphatic hydroxyl groups is 1. The molecule has 1 aromatic carbocycles. The van der Waals surface area contributed by atoms with Crippen LogP contribution in [0.1, 0.15) is 27.7 Å². The minimum Gasteiger partial charge on any atom is -0.394 e. The quantitative estimate of drug-likeness (QED) is 0.667. The van der Waals surface area contributed by atoms with E-state index in [9.17, 15) is 19.5 Å². The van der Waals surface area contributed by atoms with E-state index in [1.54, 1.807) is 16.7 Å². The Balaban J connectivity index is 1.63. The molecule has 5 rings (SSSR count). The van der Waals surface area contributed by atoms with Crippen LogP contribution in [-0.4, -0.2) is 81.7 Å². The van der Waals surface area contributed by atoms with E-state index in [4.69, 9.17) is 4.74 Å². The number of carbonyl (C=O) groups is 3. The van der Waals surface area contributed by atoms with E-state index >= 15 is 0 Å². The maximum absolute atomic E-state index is 14.1. The van der Waals surface area contributed by atoms with Gasteiger partial charge in [-0.15, -0.1) is 0 Å². The second-order valence-electron chi connectivity index (χ2n) is 10.9. The van der Waals surface area contributed by atoms with Crippen LogP contribution in [0, 0.1) is 11.8 Å². The molecule has 3 amide bonds. The smallest absolute Gasteiger partial charge is 0.249 e. The number of rotatable bonds is 3. The van der Waals surface area contributed by atoms with Crippen LogP contribution in [0.2, 0.25) is 0 Å². The number of carbonyl (C=O) groups excluding carboxylic acids is 3. The molecule has 6 atom stereocenters. The molecule has 4 aliphatic heterocycles. The van der Waals surface area contributed by atoms with Crippen molar-refractivity contribution in [2.75, 3.05) is 24.6 Å². The molecule has 0 saturated carbocycles. The topological polar surface area (TPSA) is 90.4 Å². The third kappa shape index (κ3) is 3.45. The largest absolute Gasteiger partial charge is 0.394 e. The number of amides is 3. The fourth-order valence-electron chi connectivity index (χ4n) is 6.08. The second-order valence-corrected chi connectivity index (χ2v) is 10.9. The first kappa shape index (κ1) is 23.8. The van der Waals surface area contributed by atoms with Gasteiger partial charge in [0.25, 0.3) is 0 Å². The lowest BCUT2D eigenvalue weighted by molar-refractivity contribution is -0.153. The van der Waals surface area contributed by atoms with E-state index in [1.165, 1.54) is 4.90 Å². The summed E-state index contributed by atoms with van der Waals surface area (Å²) >= 11 is 0. The third-order valence-corrected chi connectivity index (χ3v) is 7.71. The Morgan fingerprint density at radius 2 is 1.77 bits per heavy atom. The van der Waals surface area contributed by atoms with Crippen molar-refractivity contribution in [1.29, 1.82) is 0 Å². The molecule has 2 saturated heterocycles. The molecule has 0 radical (unpaired) electrons. The molecule has 0 aliphatic carbocycles. The molecule has 35 heavy (non-hydrogen) atoms. The van der Waals surface area contributed by atoms with Crippen LogP contribution in [0.15, 0.2) is 54.6 Å². The molecule has 1 unspecified atom stereocenters. The summed E-state index contributed by atoms with van der Waals surface area (Å²) in [6.07, 6.45) is 6.83. The number of likely N-dealkylation sites (tertiary alicyclic amines) is 1. The molecule has 8 heteroatoms. The summed E-state index contributed by atoms with van der Waals surface area (Å²) in [6.45, 7) is 8.03. The Kier molecular flexibility index (Phi) is 5.64. The maximum Gasteiger partial charge on any atom is 0.249 e. The van der Waals surface area contributed by atoms with Gasteiger partial charge in [-0.3, -0.25) is 14.4 Å². The first-order valence-electron chi connectivity index (χ1n) is 12.2. The second kappa shape index (κ2) is 8.31. The number of aliphatic hydroxyl groups excluding tert-OH is 1. The molecule has 1 aromatic rings. The van der Waals surface area contributed by atoms with Crippen LogP contribution < -0.4 is 4.90 Å². The van der Waals surface area contributed by atoms with Gasteiger partial charge in [0, 0.05) is 24.3 Å². The highest BCUT2D eigenvalue weighted by Gasteiger charge is 2.72. The number of benzene rings is 1. The number of ether oxygens (including phenoxy) is 1. The summed E-state index contributed by atoms with van der Waals surface area (Å²) in [4.78, 5) is 47.0. The van der Waals surface area contributed by atoms with Gasteiger partial charge >= 0.3 is 0 Å². The number of anilines is 1. The number of para-hydroxylation sites is 1.